The van der Waals surface area contributed by atoms with Gasteiger partial charge in [0.05, 0.1) is 18.9 Å². The van der Waals surface area contributed by atoms with Crippen LogP contribution in [0.25, 0.3) is 0 Å². The molecular weight excluding hydrogens is 340 g/mol. The molecule has 144 valence electrons. The van der Waals surface area contributed by atoms with E-state index in [0.717, 1.165) is 55.3 Å². The molecule has 2 aliphatic heterocycles. The molecule has 1 N–H and O–H groups in total. The number of fused-ring (bicyclic) bond motifs is 1. The lowest BCUT2D eigenvalue weighted by molar-refractivity contribution is 0.109. The van der Waals surface area contributed by atoms with Gasteiger partial charge in [0.25, 0.3) is 0 Å². The van der Waals surface area contributed by atoms with Crippen molar-refractivity contribution >= 4 is 5.69 Å². The fourth-order valence-electron chi connectivity index (χ4n) is 4.06. The Bertz CT molecular complexity index is 787. The van der Waals surface area contributed by atoms with E-state index in [-0.39, 0.29) is 6.10 Å². The van der Waals surface area contributed by atoms with E-state index < -0.39 is 6.10 Å². The fraction of sp³-hybridized carbons (Fsp3) is 0.455. The van der Waals surface area contributed by atoms with Gasteiger partial charge in [-0.05, 0) is 42.3 Å². The maximum Gasteiger partial charge on any atom is 0.142 e. The van der Waals surface area contributed by atoms with Crippen LogP contribution in [0.15, 0.2) is 42.5 Å². The number of piperazine rings is 1. The van der Waals surface area contributed by atoms with Crippen molar-refractivity contribution in [1.82, 2.24) is 4.90 Å². The van der Waals surface area contributed by atoms with Crippen LogP contribution in [0, 0.1) is 0 Å². The van der Waals surface area contributed by atoms with Gasteiger partial charge < -0.3 is 19.5 Å². The highest BCUT2D eigenvalue weighted by Crippen LogP contribution is 2.32. The predicted molar refractivity (Wildman–Crippen MR) is 107 cm³/mol. The second-order valence-electron chi connectivity index (χ2n) is 7.48. The summed E-state index contributed by atoms with van der Waals surface area (Å²) in [4.78, 5) is 4.69. The van der Waals surface area contributed by atoms with Crippen LogP contribution in [0.2, 0.25) is 0 Å². The molecule has 1 saturated heterocycles. The average Bonchev–Trinajstić information content (AvgIpc) is 3.07. The van der Waals surface area contributed by atoms with Crippen LogP contribution < -0.4 is 14.4 Å². The van der Waals surface area contributed by atoms with Crippen LogP contribution in [0.3, 0.4) is 0 Å². The predicted octanol–water partition coefficient (Wildman–Crippen LogP) is 2.87. The highest BCUT2D eigenvalue weighted by Gasteiger charge is 2.24. The Hall–Kier alpha value is -2.24. The number of methoxy groups -OCH3 is 1. The number of aliphatic hydroxyl groups is 1. The number of hydrogen-bond donors (Lipinski definition) is 1. The van der Waals surface area contributed by atoms with E-state index in [4.69, 9.17) is 9.47 Å². The molecule has 5 nitrogen and oxygen atoms in total. The monoisotopic (exact) mass is 368 g/mol. The number of anilines is 1. The molecule has 0 unspecified atom stereocenters. The second kappa shape index (κ2) is 7.79. The summed E-state index contributed by atoms with van der Waals surface area (Å²) < 4.78 is 11.2. The summed E-state index contributed by atoms with van der Waals surface area (Å²) in [7, 11) is 1.72. The Balaban J connectivity index is 1.35. The zero-order valence-corrected chi connectivity index (χ0v) is 16.1. The zero-order valence-electron chi connectivity index (χ0n) is 16.1. The molecule has 0 aromatic heterocycles. The summed E-state index contributed by atoms with van der Waals surface area (Å²) in [5.41, 5.74) is 3.34. The van der Waals surface area contributed by atoms with E-state index in [2.05, 4.69) is 28.9 Å². The first-order valence-corrected chi connectivity index (χ1v) is 9.72. The topological polar surface area (TPSA) is 45.2 Å². The van der Waals surface area contributed by atoms with E-state index >= 15 is 0 Å². The van der Waals surface area contributed by atoms with Crippen LogP contribution in [-0.2, 0) is 6.42 Å². The third-order valence-electron chi connectivity index (χ3n) is 5.53. The van der Waals surface area contributed by atoms with E-state index in [1.165, 1.54) is 5.56 Å². The maximum atomic E-state index is 10.7. The van der Waals surface area contributed by atoms with Gasteiger partial charge in [-0.3, -0.25) is 4.90 Å². The third-order valence-corrected chi connectivity index (χ3v) is 5.53. The van der Waals surface area contributed by atoms with E-state index in [1.807, 2.05) is 30.3 Å². The van der Waals surface area contributed by atoms with Gasteiger partial charge in [0.15, 0.2) is 0 Å². The smallest absolute Gasteiger partial charge is 0.142 e. The number of nitrogens with zero attached hydrogens (tertiary/aromatic N) is 2. The van der Waals surface area contributed by atoms with Gasteiger partial charge in [-0.25, -0.2) is 0 Å². The number of β-amino-alcohol motifs (C(OH)–C–C–N with tert-alkyl or cyclic N) is 1. The highest BCUT2D eigenvalue weighted by molar-refractivity contribution is 5.58. The van der Waals surface area contributed by atoms with Gasteiger partial charge in [-0.2, -0.15) is 0 Å². The standard InChI is InChI=1S/C22H28N2O3/c1-16-13-18-14-17(7-8-21(18)27-16)20(25)15-23-9-11-24(12-10-23)19-5-3-4-6-22(19)26-2/h3-8,14,16,20,25H,9-13,15H2,1-2H3/t16-,20-/m1/s1. The molecule has 0 radical (unpaired) electrons. The van der Waals surface area contributed by atoms with Crippen LogP contribution >= 0.6 is 0 Å². The minimum Gasteiger partial charge on any atom is -0.495 e. The molecule has 0 amide bonds. The van der Waals surface area contributed by atoms with Crippen molar-refractivity contribution in [2.75, 3.05) is 44.7 Å². The summed E-state index contributed by atoms with van der Waals surface area (Å²) in [6, 6.07) is 14.3. The molecule has 0 bridgehead atoms. The van der Waals surface area contributed by atoms with Gasteiger partial charge in [0.1, 0.15) is 17.6 Å². The molecule has 0 spiro atoms. The SMILES string of the molecule is COc1ccccc1N1CCN(C[C@@H](O)c2ccc3c(c2)C[C@@H](C)O3)CC1. The van der Waals surface area contributed by atoms with Crippen LogP contribution in [0.1, 0.15) is 24.2 Å². The lowest BCUT2D eigenvalue weighted by Gasteiger charge is -2.37. The summed E-state index contributed by atoms with van der Waals surface area (Å²) in [5, 5.41) is 10.7. The second-order valence-corrected chi connectivity index (χ2v) is 7.48. The first kappa shape index (κ1) is 18.1. The van der Waals surface area contributed by atoms with E-state index in [9.17, 15) is 5.11 Å². The molecule has 1 fully saturated rings. The van der Waals surface area contributed by atoms with Crippen molar-refractivity contribution in [3.05, 3.63) is 53.6 Å². The van der Waals surface area contributed by atoms with Crippen molar-refractivity contribution in [3.8, 4) is 11.5 Å². The number of para-hydroxylation sites is 2. The maximum absolute atomic E-state index is 10.7. The summed E-state index contributed by atoms with van der Waals surface area (Å²) in [6.07, 6.45) is 0.687. The van der Waals surface area contributed by atoms with Crippen LogP contribution in [-0.4, -0.2) is 55.9 Å². The van der Waals surface area contributed by atoms with Gasteiger partial charge in [0, 0.05) is 39.1 Å². The highest BCUT2D eigenvalue weighted by atomic mass is 16.5. The Morgan fingerprint density at radius 2 is 1.93 bits per heavy atom. The molecule has 2 atom stereocenters. The van der Waals surface area contributed by atoms with Gasteiger partial charge in [-0.15, -0.1) is 0 Å². The van der Waals surface area contributed by atoms with Gasteiger partial charge in [-0.1, -0.05) is 18.2 Å². The minimum atomic E-state index is -0.469. The number of hydrogen-bond acceptors (Lipinski definition) is 5. The summed E-state index contributed by atoms with van der Waals surface area (Å²) >= 11 is 0. The Morgan fingerprint density at radius 1 is 1.15 bits per heavy atom. The Labute approximate surface area is 161 Å². The molecule has 27 heavy (non-hydrogen) atoms. The molecule has 2 aromatic rings. The molecule has 2 aromatic carbocycles. The van der Waals surface area contributed by atoms with Crippen molar-refractivity contribution in [3.63, 3.8) is 0 Å². The lowest BCUT2D eigenvalue weighted by atomic mass is 10.0. The van der Waals surface area contributed by atoms with Crippen LogP contribution in [0.5, 0.6) is 11.5 Å². The van der Waals surface area contributed by atoms with Gasteiger partial charge in [0.2, 0.25) is 0 Å². The quantitative estimate of drug-likeness (QED) is 0.879. The first-order valence-electron chi connectivity index (χ1n) is 9.72. The molecule has 4 rings (SSSR count). The lowest BCUT2D eigenvalue weighted by Crippen LogP contribution is -2.47. The summed E-state index contributed by atoms with van der Waals surface area (Å²) in [6.45, 7) is 6.47. The largest absolute Gasteiger partial charge is 0.495 e. The Kier molecular flexibility index (Phi) is 5.23. The van der Waals surface area contributed by atoms with Crippen LogP contribution in [0.4, 0.5) is 5.69 Å². The summed E-state index contributed by atoms with van der Waals surface area (Å²) in [5.74, 6) is 1.88. The first-order chi connectivity index (χ1) is 13.1. The normalized spacial score (nSPS) is 20.9. The van der Waals surface area contributed by atoms with Crippen molar-refractivity contribution in [2.45, 2.75) is 25.6 Å². The molecule has 5 heteroatoms. The molecule has 0 saturated carbocycles. The number of ether oxygens (including phenoxy) is 2. The van der Waals surface area contributed by atoms with Gasteiger partial charge >= 0.3 is 0 Å². The van der Waals surface area contributed by atoms with E-state index in [1.54, 1.807) is 7.11 Å². The fourth-order valence-corrected chi connectivity index (χ4v) is 4.06. The van der Waals surface area contributed by atoms with Crippen molar-refractivity contribution < 1.29 is 14.6 Å². The number of aliphatic hydroxyl groups excluding tert-OH is 1. The third kappa shape index (κ3) is 3.89. The molecule has 2 aliphatic rings. The van der Waals surface area contributed by atoms with E-state index in [0.29, 0.717) is 6.54 Å². The number of rotatable bonds is 5. The molecule has 0 aliphatic carbocycles. The Morgan fingerprint density at radius 3 is 2.70 bits per heavy atom. The molecule has 2 heterocycles. The van der Waals surface area contributed by atoms with Crippen molar-refractivity contribution in [2.24, 2.45) is 0 Å². The zero-order chi connectivity index (χ0) is 18.8. The molecular formula is C22H28N2O3. The van der Waals surface area contributed by atoms with Crippen molar-refractivity contribution in [1.29, 1.82) is 0 Å². The minimum absolute atomic E-state index is 0.232. The average molecular weight is 368 g/mol. The number of benzene rings is 2.